The van der Waals surface area contributed by atoms with Gasteiger partial charge < -0.3 is 10.2 Å². The molecule has 8 heteroatoms. The third-order valence-electron chi connectivity index (χ3n) is 6.18. The van der Waals surface area contributed by atoms with Crippen molar-refractivity contribution < 1.29 is 18.0 Å². The van der Waals surface area contributed by atoms with E-state index in [0.29, 0.717) is 26.1 Å². The second kappa shape index (κ2) is 9.42. The second-order valence-corrected chi connectivity index (χ2v) is 10.6. The van der Waals surface area contributed by atoms with Crippen LogP contribution in [0.5, 0.6) is 0 Å². The van der Waals surface area contributed by atoms with Gasteiger partial charge in [-0.3, -0.25) is 9.59 Å². The predicted octanol–water partition coefficient (Wildman–Crippen LogP) is 2.24. The Kier molecular flexibility index (Phi) is 6.62. The lowest BCUT2D eigenvalue weighted by atomic mass is 10.0. The van der Waals surface area contributed by atoms with Crippen LogP contribution in [0.4, 0.5) is 5.69 Å². The van der Waals surface area contributed by atoms with Crippen molar-refractivity contribution in [2.24, 2.45) is 5.92 Å². The summed E-state index contributed by atoms with van der Waals surface area (Å²) in [4.78, 5) is 26.6. The molecule has 4 rings (SSSR count). The number of aryl methyl sites for hydroxylation is 1. The smallest absolute Gasteiger partial charge is 0.227 e. The Bertz CT molecular complexity index is 1120. The van der Waals surface area contributed by atoms with E-state index in [2.05, 4.69) is 5.32 Å². The van der Waals surface area contributed by atoms with Gasteiger partial charge in [-0.05, 0) is 48.6 Å². The standard InChI is InChI=1S/C24H29N3O4S/c1-18-6-4-9-22(14-18)27-17-21(15-23(27)28)24(29)25-11-5-13-32(30,31)26-12-10-19-7-2-3-8-20(19)16-26/h2-4,6-9,14,21H,5,10-13,15-17H2,1H3,(H,25,29). The molecule has 0 aliphatic carbocycles. The lowest BCUT2D eigenvalue weighted by Gasteiger charge is -2.28. The van der Waals surface area contributed by atoms with E-state index in [-0.39, 0.29) is 30.5 Å². The molecule has 1 N–H and O–H groups in total. The van der Waals surface area contributed by atoms with E-state index in [1.807, 2.05) is 55.5 Å². The van der Waals surface area contributed by atoms with Gasteiger partial charge >= 0.3 is 0 Å². The fourth-order valence-corrected chi connectivity index (χ4v) is 5.85. The highest BCUT2D eigenvalue weighted by molar-refractivity contribution is 7.89. The molecule has 0 aromatic heterocycles. The van der Waals surface area contributed by atoms with Crippen molar-refractivity contribution in [2.45, 2.75) is 32.7 Å². The minimum Gasteiger partial charge on any atom is -0.356 e. The number of carbonyl (C=O) groups is 2. The molecular formula is C24H29N3O4S. The molecule has 1 fully saturated rings. The van der Waals surface area contributed by atoms with Gasteiger partial charge in [-0.2, -0.15) is 4.31 Å². The summed E-state index contributed by atoms with van der Waals surface area (Å²) in [6.07, 6.45) is 1.24. The van der Waals surface area contributed by atoms with E-state index in [1.54, 1.807) is 4.90 Å². The van der Waals surface area contributed by atoms with Gasteiger partial charge in [0.15, 0.2) is 0 Å². The van der Waals surface area contributed by atoms with Crippen molar-refractivity contribution >= 4 is 27.5 Å². The van der Waals surface area contributed by atoms with Crippen molar-refractivity contribution in [3.8, 4) is 0 Å². The zero-order chi connectivity index (χ0) is 22.7. The second-order valence-electron chi connectivity index (χ2n) is 8.56. The molecule has 2 heterocycles. The average Bonchev–Trinajstić information content (AvgIpc) is 3.18. The van der Waals surface area contributed by atoms with E-state index in [9.17, 15) is 18.0 Å². The molecule has 0 spiro atoms. The van der Waals surface area contributed by atoms with Crippen LogP contribution in [-0.4, -0.2) is 49.9 Å². The van der Waals surface area contributed by atoms with E-state index >= 15 is 0 Å². The lowest BCUT2D eigenvalue weighted by molar-refractivity contribution is -0.126. The summed E-state index contributed by atoms with van der Waals surface area (Å²) < 4.78 is 27.0. The summed E-state index contributed by atoms with van der Waals surface area (Å²) >= 11 is 0. The summed E-state index contributed by atoms with van der Waals surface area (Å²) in [6.45, 7) is 3.48. The summed E-state index contributed by atoms with van der Waals surface area (Å²) in [7, 11) is -3.38. The van der Waals surface area contributed by atoms with Gasteiger partial charge in [0.1, 0.15) is 0 Å². The maximum absolute atomic E-state index is 12.7. The summed E-state index contributed by atoms with van der Waals surface area (Å²) in [5, 5.41) is 2.82. The van der Waals surface area contributed by atoms with Crippen LogP contribution < -0.4 is 10.2 Å². The maximum Gasteiger partial charge on any atom is 0.227 e. The molecule has 32 heavy (non-hydrogen) atoms. The van der Waals surface area contributed by atoms with Gasteiger partial charge in [0.05, 0.1) is 11.7 Å². The summed E-state index contributed by atoms with van der Waals surface area (Å²) in [5.74, 6) is -0.686. The van der Waals surface area contributed by atoms with Crippen LogP contribution in [0.1, 0.15) is 29.5 Å². The number of sulfonamides is 1. The number of anilines is 1. The summed E-state index contributed by atoms with van der Waals surface area (Å²) in [5.41, 5.74) is 4.12. The highest BCUT2D eigenvalue weighted by Crippen LogP contribution is 2.26. The van der Waals surface area contributed by atoms with E-state index in [1.165, 1.54) is 9.87 Å². The van der Waals surface area contributed by atoms with Crippen LogP contribution in [-0.2, 0) is 32.6 Å². The maximum atomic E-state index is 12.7. The number of rotatable bonds is 7. The first kappa shape index (κ1) is 22.5. The van der Waals surface area contributed by atoms with Gasteiger partial charge in [0, 0.05) is 38.3 Å². The molecule has 0 saturated carbocycles. The number of fused-ring (bicyclic) bond motifs is 1. The molecule has 2 aliphatic rings. The Morgan fingerprint density at radius 1 is 1.12 bits per heavy atom. The number of benzene rings is 2. The number of carbonyl (C=O) groups excluding carboxylic acids is 2. The molecule has 2 aromatic carbocycles. The zero-order valence-electron chi connectivity index (χ0n) is 18.3. The first-order valence-corrected chi connectivity index (χ1v) is 12.6. The van der Waals surface area contributed by atoms with E-state index in [4.69, 9.17) is 0 Å². The molecule has 170 valence electrons. The monoisotopic (exact) mass is 455 g/mol. The summed E-state index contributed by atoms with van der Waals surface area (Å²) in [6, 6.07) is 15.6. The van der Waals surface area contributed by atoms with Crippen LogP contribution in [0, 0.1) is 12.8 Å². The fourth-order valence-electron chi connectivity index (χ4n) is 4.38. The van der Waals surface area contributed by atoms with Gasteiger partial charge in [-0.15, -0.1) is 0 Å². The molecule has 2 amide bonds. The first-order valence-electron chi connectivity index (χ1n) is 11.0. The van der Waals surface area contributed by atoms with Crippen molar-refractivity contribution in [3.05, 3.63) is 65.2 Å². The minimum atomic E-state index is -3.38. The zero-order valence-corrected chi connectivity index (χ0v) is 19.1. The molecule has 7 nitrogen and oxygen atoms in total. The number of hydrogen-bond donors (Lipinski definition) is 1. The van der Waals surface area contributed by atoms with Crippen LogP contribution in [0.15, 0.2) is 48.5 Å². The Morgan fingerprint density at radius 2 is 1.91 bits per heavy atom. The normalized spacial score (nSPS) is 19.1. The molecule has 1 saturated heterocycles. The van der Waals surface area contributed by atoms with Gasteiger partial charge in [-0.25, -0.2) is 8.42 Å². The van der Waals surface area contributed by atoms with Crippen molar-refractivity contribution in [3.63, 3.8) is 0 Å². The Labute approximate surface area is 189 Å². The number of nitrogens with one attached hydrogen (secondary N) is 1. The van der Waals surface area contributed by atoms with Crippen LogP contribution >= 0.6 is 0 Å². The van der Waals surface area contributed by atoms with E-state index < -0.39 is 15.9 Å². The van der Waals surface area contributed by atoms with Crippen molar-refractivity contribution in [2.75, 3.05) is 30.3 Å². The van der Waals surface area contributed by atoms with Gasteiger partial charge in [0.2, 0.25) is 21.8 Å². The lowest BCUT2D eigenvalue weighted by Crippen LogP contribution is -2.38. The molecule has 2 aromatic rings. The number of amides is 2. The predicted molar refractivity (Wildman–Crippen MR) is 124 cm³/mol. The highest BCUT2D eigenvalue weighted by atomic mass is 32.2. The van der Waals surface area contributed by atoms with Crippen molar-refractivity contribution in [1.29, 1.82) is 0 Å². The topological polar surface area (TPSA) is 86.8 Å². The van der Waals surface area contributed by atoms with Crippen LogP contribution in [0.2, 0.25) is 0 Å². The molecule has 0 bridgehead atoms. The van der Waals surface area contributed by atoms with E-state index in [0.717, 1.165) is 23.2 Å². The molecular weight excluding hydrogens is 426 g/mol. The third kappa shape index (κ3) is 5.02. The Morgan fingerprint density at radius 3 is 2.69 bits per heavy atom. The number of nitrogens with zero attached hydrogens (tertiary/aromatic N) is 2. The third-order valence-corrected chi connectivity index (χ3v) is 8.08. The molecule has 0 radical (unpaired) electrons. The molecule has 2 aliphatic heterocycles. The minimum absolute atomic E-state index is 0.00549. The highest BCUT2D eigenvalue weighted by Gasteiger charge is 2.35. The Hall–Kier alpha value is -2.71. The van der Waals surface area contributed by atoms with Gasteiger partial charge in [-0.1, -0.05) is 36.4 Å². The van der Waals surface area contributed by atoms with Crippen LogP contribution in [0.25, 0.3) is 0 Å². The van der Waals surface area contributed by atoms with Crippen LogP contribution in [0.3, 0.4) is 0 Å². The fraction of sp³-hybridized carbons (Fsp3) is 0.417. The average molecular weight is 456 g/mol. The molecule has 1 atom stereocenters. The largest absolute Gasteiger partial charge is 0.356 e. The SMILES string of the molecule is Cc1cccc(N2CC(C(=O)NCCCS(=O)(=O)N3CCc4ccccc4C3)CC2=O)c1. The molecule has 1 unspecified atom stereocenters. The first-order chi connectivity index (χ1) is 15.3. The van der Waals surface area contributed by atoms with Crippen molar-refractivity contribution in [1.82, 2.24) is 9.62 Å². The quantitative estimate of drug-likeness (QED) is 0.649. The Balaban J connectivity index is 1.24. The number of hydrogen-bond acceptors (Lipinski definition) is 4. The van der Waals surface area contributed by atoms with Gasteiger partial charge in [0.25, 0.3) is 0 Å².